The molecule has 1 aliphatic rings. The Morgan fingerprint density at radius 3 is 2.50 bits per heavy atom. The zero-order chi connectivity index (χ0) is 13.6. The van der Waals surface area contributed by atoms with Gasteiger partial charge in [0.25, 0.3) is 0 Å². The van der Waals surface area contributed by atoms with Gasteiger partial charge in [-0.25, -0.2) is 0 Å². The van der Waals surface area contributed by atoms with Gasteiger partial charge in [0.1, 0.15) is 0 Å². The van der Waals surface area contributed by atoms with E-state index in [-0.39, 0.29) is 16.8 Å². The van der Waals surface area contributed by atoms with Crippen molar-refractivity contribution in [3.05, 3.63) is 34.9 Å². The standard InChI is InChI=1S/C16H22O2/c1-6-18-14(17)16(5)10-15(16,4)13-8-7-11(2)12(3)9-13/h7-9H,6,10H2,1-5H3. The van der Waals surface area contributed by atoms with E-state index >= 15 is 0 Å². The molecule has 1 aliphatic carbocycles. The molecule has 2 unspecified atom stereocenters. The van der Waals surface area contributed by atoms with Gasteiger partial charge in [-0.2, -0.15) is 0 Å². The van der Waals surface area contributed by atoms with E-state index in [1.165, 1.54) is 16.7 Å². The molecule has 98 valence electrons. The molecule has 2 atom stereocenters. The molecule has 1 saturated carbocycles. The number of hydrogen-bond donors (Lipinski definition) is 0. The summed E-state index contributed by atoms with van der Waals surface area (Å²) < 4.78 is 5.20. The molecule has 0 bridgehead atoms. The molecule has 0 aromatic heterocycles. The molecule has 0 spiro atoms. The van der Waals surface area contributed by atoms with Gasteiger partial charge in [0, 0.05) is 5.41 Å². The summed E-state index contributed by atoms with van der Waals surface area (Å²) >= 11 is 0. The van der Waals surface area contributed by atoms with E-state index in [1.54, 1.807) is 0 Å². The molecule has 0 saturated heterocycles. The van der Waals surface area contributed by atoms with Gasteiger partial charge in [0.05, 0.1) is 12.0 Å². The number of carbonyl (C=O) groups is 1. The summed E-state index contributed by atoms with van der Waals surface area (Å²) in [7, 11) is 0. The van der Waals surface area contributed by atoms with Gasteiger partial charge in [0.15, 0.2) is 0 Å². The van der Waals surface area contributed by atoms with E-state index in [4.69, 9.17) is 4.74 Å². The summed E-state index contributed by atoms with van der Waals surface area (Å²) in [6, 6.07) is 6.49. The maximum absolute atomic E-state index is 12.0. The second-order valence-corrected chi connectivity index (χ2v) is 5.86. The highest BCUT2D eigenvalue weighted by atomic mass is 16.5. The molecule has 18 heavy (non-hydrogen) atoms. The zero-order valence-electron chi connectivity index (χ0n) is 12.0. The van der Waals surface area contributed by atoms with Gasteiger partial charge in [-0.3, -0.25) is 4.79 Å². The van der Waals surface area contributed by atoms with Crippen LogP contribution in [0.2, 0.25) is 0 Å². The van der Waals surface area contributed by atoms with E-state index in [2.05, 4.69) is 39.0 Å². The van der Waals surface area contributed by atoms with Crippen LogP contribution in [0.15, 0.2) is 18.2 Å². The lowest BCUT2D eigenvalue weighted by atomic mass is 9.87. The lowest BCUT2D eigenvalue weighted by Gasteiger charge is -2.19. The van der Waals surface area contributed by atoms with Crippen molar-refractivity contribution >= 4 is 5.97 Å². The van der Waals surface area contributed by atoms with Crippen molar-refractivity contribution in [2.45, 2.75) is 46.5 Å². The van der Waals surface area contributed by atoms with E-state index in [0.29, 0.717) is 6.61 Å². The highest BCUT2D eigenvalue weighted by Crippen LogP contribution is 2.65. The number of ether oxygens (including phenoxy) is 1. The van der Waals surface area contributed by atoms with Crippen molar-refractivity contribution in [3.63, 3.8) is 0 Å². The molecule has 0 radical (unpaired) electrons. The zero-order valence-corrected chi connectivity index (χ0v) is 12.0. The SMILES string of the molecule is CCOC(=O)C1(C)CC1(C)c1ccc(C)c(C)c1. The smallest absolute Gasteiger partial charge is 0.312 e. The minimum Gasteiger partial charge on any atom is -0.466 e. The van der Waals surface area contributed by atoms with E-state index in [0.717, 1.165) is 6.42 Å². The molecule has 0 N–H and O–H groups in total. The molecular formula is C16H22O2. The van der Waals surface area contributed by atoms with E-state index in [9.17, 15) is 4.79 Å². The molecule has 1 fully saturated rings. The van der Waals surface area contributed by atoms with Gasteiger partial charge in [-0.15, -0.1) is 0 Å². The van der Waals surface area contributed by atoms with E-state index < -0.39 is 0 Å². The van der Waals surface area contributed by atoms with Gasteiger partial charge in [-0.05, 0) is 50.8 Å². The third-order valence-corrected chi connectivity index (χ3v) is 4.67. The molecule has 1 aromatic carbocycles. The number of hydrogen-bond acceptors (Lipinski definition) is 2. The van der Waals surface area contributed by atoms with Crippen LogP contribution in [0, 0.1) is 19.3 Å². The van der Waals surface area contributed by atoms with Crippen LogP contribution in [-0.2, 0) is 14.9 Å². The highest BCUT2D eigenvalue weighted by Gasteiger charge is 2.67. The molecule has 2 rings (SSSR count). The van der Waals surface area contributed by atoms with Crippen LogP contribution in [0.1, 0.15) is 43.9 Å². The largest absolute Gasteiger partial charge is 0.466 e. The summed E-state index contributed by atoms with van der Waals surface area (Å²) in [6.07, 6.45) is 0.876. The van der Waals surface area contributed by atoms with Crippen molar-refractivity contribution in [1.82, 2.24) is 0 Å². The Kier molecular flexibility index (Phi) is 3.00. The Labute approximate surface area is 109 Å². The lowest BCUT2D eigenvalue weighted by Crippen LogP contribution is -2.24. The fourth-order valence-electron chi connectivity index (χ4n) is 2.76. The maximum atomic E-state index is 12.0. The first-order valence-electron chi connectivity index (χ1n) is 6.60. The summed E-state index contributed by atoms with van der Waals surface area (Å²) in [4.78, 5) is 12.0. The Morgan fingerprint density at radius 1 is 1.28 bits per heavy atom. The number of esters is 1. The quantitative estimate of drug-likeness (QED) is 0.763. The van der Waals surface area contributed by atoms with Gasteiger partial charge < -0.3 is 4.74 Å². The minimum absolute atomic E-state index is 0.0641. The van der Waals surface area contributed by atoms with Crippen molar-refractivity contribution in [2.75, 3.05) is 6.61 Å². The number of carbonyl (C=O) groups excluding carboxylic acids is 1. The first kappa shape index (κ1) is 13.1. The summed E-state index contributed by atoms with van der Waals surface area (Å²) in [5.74, 6) is -0.0641. The van der Waals surface area contributed by atoms with Crippen LogP contribution >= 0.6 is 0 Å². The Hall–Kier alpha value is -1.31. The lowest BCUT2D eigenvalue weighted by molar-refractivity contribution is -0.149. The van der Waals surface area contributed by atoms with Crippen molar-refractivity contribution in [2.24, 2.45) is 5.41 Å². The normalized spacial score (nSPS) is 30.1. The van der Waals surface area contributed by atoms with Gasteiger partial charge in [0.2, 0.25) is 0 Å². The average molecular weight is 246 g/mol. The second-order valence-electron chi connectivity index (χ2n) is 5.86. The number of aryl methyl sites for hydroxylation is 2. The Morgan fingerprint density at radius 2 is 1.94 bits per heavy atom. The van der Waals surface area contributed by atoms with Crippen LogP contribution in [0.5, 0.6) is 0 Å². The highest BCUT2D eigenvalue weighted by molar-refractivity contribution is 5.83. The van der Waals surface area contributed by atoms with Crippen LogP contribution in [-0.4, -0.2) is 12.6 Å². The monoisotopic (exact) mass is 246 g/mol. The van der Waals surface area contributed by atoms with E-state index in [1.807, 2.05) is 13.8 Å². The Balaban J connectivity index is 2.30. The first-order valence-corrected chi connectivity index (χ1v) is 6.60. The molecule has 1 aromatic rings. The fourth-order valence-corrected chi connectivity index (χ4v) is 2.76. The van der Waals surface area contributed by atoms with Crippen molar-refractivity contribution in [1.29, 1.82) is 0 Å². The molecule has 0 aliphatic heterocycles. The van der Waals surface area contributed by atoms with Crippen LogP contribution in [0.4, 0.5) is 0 Å². The minimum atomic E-state index is -0.356. The number of benzene rings is 1. The van der Waals surface area contributed by atoms with Gasteiger partial charge >= 0.3 is 5.97 Å². The predicted molar refractivity (Wildman–Crippen MR) is 72.6 cm³/mol. The van der Waals surface area contributed by atoms with Crippen LogP contribution in [0.3, 0.4) is 0 Å². The average Bonchev–Trinajstić information content (AvgIpc) is 2.89. The summed E-state index contributed by atoms with van der Waals surface area (Å²) in [6.45, 7) is 10.7. The third kappa shape index (κ3) is 1.75. The van der Waals surface area contributed by atoms with Crippen molar-refractivity contribution < 1.29 is 9.53 Å². The molecule has 0 amide bonds. The van der Waals surface area contributed by atoms with Crippen molar-refractivity contribution in [3.8, 4) is 0 Å². The molecular weight excluding hydrogens is 224 g/mol. The predicted octanol–water partition coefficient (Wildman–Crippen LogP) is 3.53. The second kappa shape index (κ2) is 4.11. The first-order chi connectivity index (χ1) is 8.35. The molecule has 0 heterocycles. The fraction of sp³-hybridized carbons (Fsp3) is 0.562. The third-order valence-electron chi connectivity index (χ3n) is 4.67. The summed E-state index contributed by atoms with van der Waals surface area (Å²) in [5, 5.41) is 0. The maximum Gasteiger partial charge on any atom is 0.312 e. The molecule has 2 heteroatoms. The van der Waals surface area contributed by atoms with Crippen LogP contribution in [0.25, 0.3) is 0 Å². The van der Waals surface area contributed by atoms with Gasteiger partial charge in [-0.1, -0.05) is 25.1 Å². The Bertz CT molecular complexity index is 492. The topological polar surface area (TPSA) is 26.3 Å². The number of rotatable bonds is 3. The van der Waals surface area contributed by atoms with Crippen LogP contribution < -0.4 is 0 Å². The summed E-state index contributed by atoms with van der Waals surface area (Å²) in [5.41, 5.74) is 3.40. The molecule has 2 nitrogen and oxygen atoms in total.